The molecular weight excluding hydrogens is 496 g/mol. The summed E-state index contributed by atoms with van der Waals surface area (Å²) in [5, 5.41) is 13.9. The second kappa shape index (κ2) is 12.0. The van der Waals surface area contributed by atoms with Crippen LogP contribution in [-0.4, -0.2) is 53.9 Å². The van der Waals surface area contributed by atoms with Crippen molar-refractivity contribution in [1.82, 2.24) is 9.47 Å². The molecule has 39 heavy (non-hydrogen) atoms. The highest BCUT2D eigenvalue weighted by atomic mass is 16.6. The molecule has 0 saturated carbocycles. The Morgan fingerprint density at radius 1 is 0.949 bits per heavy atom. The molecule has 0 N–H and O–H groups in total. The fourth-order valence-electron chi connectivity index (χ4n) is 5.02. The summed E-state index contributed by atoms with van der Waals surface area (Å²) in [5.41, 5.74) is 2.58. The second-order valence-corrected chi connectivity index (χ2v) is 9.70. The molecule has 1 aliphatic rings. The van der Waals surface area contributed by atoms with Gasteiger partial charge in [0.25, 0.3) is 0 Å². The van der Waals surface area contributed by atoms with Gasteiger partial charge in [-0.3, -0.25) is 0 Å². The number of aryl methyl sites for hydroxylation is 1. The minimum Gasteiger partial charge on any atom is -0.530 e. The van der Waals surface area contributed by atoms with E-state index in [9.17, 15) is 14.7 Å². The van der Waals surface area contributed by atoms with Crippen molar-refractivity contribution in [2.45, 2.75) is 25.0 Å². The Bertz CT molecular complexity index is 1430. The lowest BCUT2D eigenvalue weighted by Crippen LogP contribution is -2.51. The van der Waals surface area contributed by atoms with Crippen LogP contribution < -0.4 is 9.84 Å². The van der Waals surface area contributed by atoms with Gasteiger partial charge in [-0.2, -0.15) is 0 Å². The molecule has 4 aromatic rings. The fourth-order valence-corrected chi connectivity index (χ4v) is 5.02. The number of benzene rings is 3. The van der Waals surface area contributed by atoms with Gasteiger partial charge in [-0.15, -0.1) is 0 Å². The number of aromatic nitrogens is 1. The molecule has 1 saturated heterocycles. The molecule has 2 unspecified atom stereocenters. The van der Waals surface area contributed by atoms with E-state index < -0.39 is 6.09 Å². The van der Waals surface area contributed by atoms with E-state index in [1.165, 1.54) is 4.90 Å². The Morgan fingerprint density at radius 2 is 1.74 bits per heavy atom. The fraction of sp³-hybridized carbons (Fsp3) is 0.290. The number of carboxylic acid groups (broad SMARTS) is 1. The zero-order valence-electron chi connectivity index (χ0n) is 21.8. The van der Waals surface area contributed by atoms with Gasteiger partial charge in [-0.1, -0.05) is 48.5 Å². The van der Waals surface area contributed by atoms with Gasteiger partial charge < -0.3 is 33.6 Å². The number of piperidine rings is 1. The SMILES string of the molecule is Cn1cccc1C(=O)OCCOc1ccc(C2CCN(C(=O)[O-])CC2OCc2ccc3ccccc3c2)cc1. The number of hydrogen-bond donors (Lipinski definition) is 0. The zero-order chi connectivity index (χ0) is 27.2. The van der Waals surface area contributed by atoms with E-state index in [1.807, 2.05) is 42.5 Å². The predicted molar refractivity (Wildman–Crippen MR) is 144 cm³/mol. The number of rotatable bonds is 9. The molecule has 3 aromatic carbocycles. The van der Waals surface area contributed by atoms with Gasteiger partial charge in [0.15, 0.2) is 0 Å². The number of carbonyl (C=O) groups is 2. The number of hydrogen-bond acceptors (Lipinski definition) is 6. The van der Waals surface area contributed by atoms with Crippen molar-refractivity contribution >= 4 is 22.8 Å². The van der Waals surface area contributed by atoms with Gasteiger partial charge in [0.05, 0.1) is 12.7 Å². The van der Waals surface area contributed by atoms with Gasteiger partial charge in [0.1, 0.15) is 30.8 Å². The molecule has 5 rings (SSSR count). The van der Waals surface area contributed by atoms with E-state index in [0.29, 0.717) is 31.0 Å². The van der Waals surface area contributed by atoms with Gasteiger partial charge in [0.2, 0.25) is 0 Å². The first-order valence-electron chi connectivity index (χ1n) is 13.0. The van der Waals surface area contributed by atoms with E-state index in [4.69, 9.17) is 14.2 Å². The lowest BCUT2D eigenvalue weighted by Gasteiger charge is -2.40. The van der Waals surface area contributed by atoms with Crippen molar-refractivity contribution < 1.29 is 28.9 Å². The maximum Gasteiger partial charge on any atom is 0.355 e. The number of nitrogens with zero attached hydrogens (tertiary/aromatic N) is 2. The molecule has 0 radical (unpaired) electrons. The molecule has 0 spiro atoms. The topological polar surface area (TPSA) is 93.1 Å². The third-order valence-electron chi connectivity index (χ3n) is 7.14. The van der Waals surface area contributed by atoms with Gasteiger partial charge in [-0.25, -0.2) is 4.79 Å². The van der Waals surface area contributed by atoms with Crippen LogP contribution in [0, 0.1) is 0 Å². The molecular formula is C31H31N2O6-. The molecule has 202 valence electrons. The maximum absolute atomic E-state index is 12.1. The summed E-state index contributed by atoms with van der Waals surface area (Å²) in [7, 11) is 1.79. The summed E-state index contributed by atoms with van der Waals surface area (Å²) in [6.07, 6.45) is 0.929. The number of esters is 1. The predicted octanol–water partition coefficient (Wildman–Crippen LogP) is 4.13. The van der Waals surface area contributed by atoms with Gasteiger partial charge in [0, 0.05) is 32.3 Å². The number of likely N-dealkylation sites (tertiary alicyclic amines) is 1. The van der Waals surface area contributed by atoms with E-state index in [2.05, 4.69) is 24.3 Å². The minimum absolute atomic E-state index is 0.0290. The smallest absolute Gasteiger partial charge is 0.355 e. The minimum atomic E-state index is -1.18. The van der Waals surface area contributed by atoms with E-state index in [1.54, 1.807) is 29.9 Å². The first kappa shape index (κ1) is 26.3. The van der Waals surface area contributed by atoms with Crippen molar-refractivity contribution in [1.29, 1.82) is 0 Å². The van der Waals surface area contributed by atoms with Crippen LogP contribution >= 0.6 is 0 Å². The highest BCUT2D eigenvalue weighted by Crippen LogP contribution is 2.32. The number of amides is 1. The molecule has 8 nitrogen and oxygen atoms in total. The monoisotopic (exact) mass is 527 g/mol. The molecule has 1 fully saturated rings. The average Bonchev–Trinajstić information content (AvgIpc) is 3.40. The van der Waals surface area contributed by atoms with Crippen molar-refractivity contribution in [2.24, 2.45) is 7.05 Å². The summed E-state index contributed by atoms with van der Waals surface area (Å²) in [4.78, 5) is 25.0. The Balaban J connectivity index is 1.18. The first-order valence-corrected chi connectivity index (χ1v) is 13.0. The normalized spacial score (nSPS) is 17.2. The Morgan fingerprint density at radius 3 is 2.49 bits per heavy atom. The molecule has 0 aliphatic carbocycles. The van der Waals surface area contributed by atoms with Crippen LogP contribution in [0.15, 0.2) is 85.1 Å². The van der Waals surface area contributed by atoms with Crippen LogP contribution in [0.5, 0.6) is 5.75 Å². The Kier molecular flexibility index (Phi) is 8.13. The van der Waals surface area contributed by atoms with Crippen molar-refractivity contribution in [2.75, 3.05) is 26.3 Å². The van der Waals surface area contributed by atoms with Crippen LogP contribution in [0.25, 0.3) is 10.8 Å². The highest BCUT2D eigenvalue weighted by Gasteiger charge is 2.31. The largest absolute Gasteiger partial charge is 0.530 e. The Labute approximate surface area is 227 Å². The number of carbonyl (C=O) groups excluding carboxylic acids is 2. The molecule has 1 aliphatic heterocycles. The van der Waals surface area contributed by atoms with Crippen LogP contribution in [0.3, 0.4) is 0 Å². The third kappa shape index (κ3) is 6.41. The quantitative estimate of drug-likeness (QED) is 0.240. The summed E-state index contributed by atoms with van der Waals surface area (Å²) in [6.45, 7) is 1.41. The van der Waals surface area contributed by atoms with Crippen molar-refractivity contribution in [3.05, 3.63) is 102 Å². The molecule has 1 amide bonds. The summed E-state index contributed by atoms with van der Waals surface area (Å²) in [6, 6.07) is 25.6. The maximum atomic E-state index is 12.1. The van der Waals surface area contributed by atoms with Crippen LogP contribution in [-0.2, 0) is 23.1 Å². The van der Waals surface area contributed by atoms with E-state index in [0.717, 1.165) is 21.9 Å². The zero-order valence-corrected chi connectivity index (χ0v) is 21.8. The van der Waals surface area contributed by atoms with Gasteiger partial charge in [-0.05, 0) is 58.7 Å². The standard InChI is InChI=1S/C31H32N2O6/c1-32-15-4-7-28(32)30(34)38-18-17-37-26-12-10-24(11-13-26)27-14-16-33(31(35)36)20-29(27)39-21-22-8-9-23-5-2-3-6-25(23)19-22/h2-13,15,19,27,29H,14,16-18,20-21H2,1H3,(H,35,36)/p-1. The first-order chi connectivity index (χ1) is 19.0. The lowest BCUT2D eigenvalue weighted by atomic mass is 9.87. The van der Waals surface area contributed by atoms with Crippen molar-refractivity contribution in [3.8, 4) is 5.75 Å². The molecule has 2 heterocycles. The Hall–Kier alpha value is -4.30. The van der Waals surface area contributed by atoms with Gasteiger partial charge >= 0.3 is 5.97 Å². The number of ether oxygens (including phenoxy) is 3. The second-order valence-electron chi connectivity index (χ2n) is 9.70. The number of fused-ring (bicyclic) bond motifs is 1. The van der Waals surface area contributed by atoms with Crippen LogP contribution in [0.4, 0.5) is 4.79 Å². The van der Waals surface area contributed by atoms with E-state index in [-0.39, 0.29) is 37.7 Å². The third-order valence-corrected chi connectivity index (χ3v) is 7.14. The summed E-state index contributed by atoms with van der Waals surface area (Å²) < 4.78 is 19.1. The molecule has 8 heteroatoms. The average molecular weight is 528 g/mol. The molecule has 2 atom stereocenters. The highest BCUT2D eigenvalue weighted by molar-refractivity contribution is 5.87. The molecule has 0 bridgehead atoms. The summed E-state index contributed by atoms with van der Waals surface area (Å²) >= 11 is 0. The summed E-state index contributed by atoms with van der Waals surface area (Å²) in [5.74, 6) is 0.301. The van der Waals surface area contributed by atoms with Crippen molar-refractivity contribution in [3.63, 3.8) is 0 Å². The van der Waals surface area contributed by atoms with Crippen LogP contribution in [0.1, 0.15) is 34.0 Å². The lowest BCUT2D eigenvalue weighted by molar-refractivity contribution is -0.268. The van der Waals surface area contributed by atoms with Crippen LogP contribution in [0.2, 0.25) is 0 Å². The molecule has 1 aromatic heterocycles. The van der Waals surface area contributed by atoms with E-state index >= 15 is 0 Å².